The quantitative estimate of drug-likeness (QED) is 0.455. The Morgan fingerprint density at radius 2 is 2.00 bits per heavy atom. The smallest absolute Gasteiger partial charge is 0.248 e. The number of carbonyl (C=O) groups excluding carboxylic acids is 1. The molecule has 1 aliphatic heterocycles. The number of H-pyrrole nitrogens is 1. The molecule has 164 valence electrons. The van der Waals surface area contributed by atoms with Gasteiger partial charge in [0.15, 0.2) is 5.82 Å². The Morgan fingerprint density at radius 1 is 1.29 bits per heavy atom. The van der Waals surface area contributed by atoms with E-state index in [-0.39, 0.29) is 0 Å². The fraction of sp³-hybridized carbons (Fsp3) is 0.417. The van der Waals surface area contributed by atoms with Gasteiger partial charge in [0.2, 0.25) is 5.91 Å². The van der Waals surface area contributed by atoms with Gasteiger partial charge in [-0.05, 0) is 63.2 Å². The molecule has 1 atom stereocenters. The van der Waals surface area contributed by atoms with Crippen molar-refractivity contribution in [1.82, 2.24) is 15.1 Å². The van der Waals surface area contributed by atoms with E-state index >= 15 is 0 Å². The van der Waals surface area contributed by atoms with Gasteiger partial charge in [0.05, 0.1) is 5.57 Å². The Labute approximate surface area is 188 Å². The van der Waals surface area contributed by atoms with Gasteiger partial charge in [0.1, 0.15) is 5.00 Å². The van der Waals surface area contributed by atoms with Crippen molar-refractivity contribution in [3.05, 3.63) is 60.0 Å². The number of halogens is 1. The predicted molar refractivity (Wildman–Crippen MR) is 126 cm³/mol. The molecular formula is C24H30ClN5O. The van der Waals surface area contributed by atoms with E-state index in [0.717, 1.165) is 54.9 Å². The van der Waals surface area contributed by atoms with Gasteiger partial charge in [-0.25, -0.2) is 0 Å². The molecule has 1 fully saturated rings. The second-order valence-electron chi connectivity index (χ2n) is 8.64. The molecule has 1 aliphatic carbocycles. The lowest BCUT2D eigenvalue weighted by atomic mass is 9.84. The lowest BCUT2D eigenvalue weighted by Gasteiger charge is -2.46. The van der Waals surface area contributed by atoms with E-state index in [4.69, 9.17) is 17.3 Å². The molecule has 1 aromatic carbocycles. The second-order valence-corrected chi connectivity index (χ2v) is 9.38. The minimum Gasteiger partial charge on any atom is -0.368 e. The minimum absolute atomic E-state index is 0.297. The van der Waals surface area contributed by atoms with Gasteiger partial charge >= 0.3 is 0 Å². The van der Waals surface area contributed by atoms with Crippen molar-refractivity contribution in [3.8, 4) is 11.1 Å². The molecule has 6 nitrogen and oxygen atoms in total. The number of nitrogens with two attached hydrogens (primary N) is 1. The lowest BCUT2D eigenvalue weighted by molar-refractivity contribution is -0.115. The average molecular weight is 440 g/mol. The topological polar surface area (TPSA) is 87.0 Å². The molecule has 1 amide bonds. The van der Waals surface area contributed by atoms with Crippen LogP contribution in [0.25, 0.3) is 11.1 Å². The van der Waals surface area contributed by atoms with Gasteiger partial charge in [0, 0.05) is 30.0 Å². The Morgan fingerprint density at radius 3 is 2.68 bits per heavy atom. The third kappa shape index (κ3) is 4.35. The van der Waals surface area contributed by atoms with E-state index in [1.165, 1.54) is 0 Å². The molecule has 0 bridgehead atoms. The molecule has 4 N–H and O–H groups in total. The summed E-state index contributed by atoms with van der Waals surface area (Å²) < 4.78 is 0. The molecule has 0 saturated heterocycles. The first kappa shape index (κ1) is 21.5. The lowest BCUT2D eigenvalue weighted by Crippen LogP contribution is -2.51. The van der Waals surface area contributed by atoms with Crippen LogP contribution in [0.5, 0.6) is 0 Å². The van der Waals surface area contributed by atoms with E-state index in [1.54, 1.807) is 6.08 Å². The van der Waals surface area contributed by atoms with Crippen LogP contribution in [-0.2, 0) is 4.79 Å². The number of rotatable bonds is 6. The summed E-state index contributed by atoms with van der Waals surface area (Å²) in [6, 6.07) is 10.6. The summed E-state index contributed by atoms with van der Waals surface area (Å²) in [6.45, 7) is 4.79. The van der Waals surface area contributed by atoms with Gasteiger partial charge in [-0.1, -0.05) is 41.9 Å². The first-order chi connectivity index (χ1) is 14.9. The zero-order chi connectivity index (χ0) is 22.0. The first-order valence-electron chi connectivity index (χ1n) is 10.9. The fourth-order valence-electron chi connectivity index (χ4n) is 4.82. The standard InChI is InChI=1S/C24H30ClN5O/c1-16-21(18-7-4-3-5-8-18)23(29-28-16)27-15-17-10-12-19(13-11-17)30-14-6-9-20(22(26)31)24(30,2)25/h3-9,14,17,19H,10-13,15H2,1-2H3,(H2,26,31)(H2,27,28,29). The van der Waals surface area contributed by atoms with E-state index in [9.17, 15) is 4.79 Å². The number of primary amides is 1. The van der Waals surface area contributed by atoms with Crippen LogP contribution < -0.4 is 11.1 Å². The molecule has 4 rings (SSSR count). The summed E-state index contributed by atoms with van der Waals surface area (Å²) >= 11 is 6.77. The number of aryl methyl sites for hydroxylation is 1. The fourth-order valence-corrected chi connectivity index (χ4v) is 5.17. The van der Waals surface area contributed by atoms with Crippen LogP contribution in [0.2, 0.25) is 0 Å². The summed E-state index contributed by atoms with van der Waals surface area (Å²) in [7, 11) is 0. The number of anilines is 1. The largest absolute Gasteiger partial charge is 0.368 e. The number of benzene rings is 1. The molecule has 1 saturated carbocycles. The Hall–Kier alpha value is -2.73. The molecule has 2 aromatic rings. The van der Waals surface area contributed by atoms with Gasteiger partial charge in [-0.15, -0.1) is 0 Å². The van der Waals surface area contributed by atoms with E-state index in [1.807, 2.05) is 37.4 Å². The van der Waals surface area contributed by atoms with Crippen molar-refractivity contribution in [1.29, 1.82) is 0 Å². The summed E-state index contributed by atoms with van der Waals surface area (Å²) in [5, 5.41) is 11.2. The number of allylic oxidation sites excluding steroid dienone is 2. The predicted octanol–water partition coefficient (Wildman–Crippen LogP) is 4.55. The van der Waals surface area contributed by atoms with Crippen molar-refractivity contribution in [2.75, 3.05) is 11.9 Å². The SMILES string of the molecule is Cc1[nH]nc(NCC2CCC(N3C=CC=C(C(N)=O)C3(C)Cl)CC2)c1-c1ccccc1. The molecule has 2 aliphatic rings. The van der Waals surface area contributed by atoms with E-state index in [2.05, 4.69) is 39.5 Å². The normalized spacial score (nSPS) is 25.9. The minimum atomic E-state index is -0.895. The van der Waals surface area contributed by atoms with Crippen LogP contribution in [0.4, 0.5) is 5.82 Å². The molecular weight excluding hydrogens is 410 g/mol. The highest BCUT2D eigenvalue weighted by molar-refractivity contribution is 6.28. The zero-order valence-electron chi connectivity index (χ0n) is 18.1. The third-order valence-electron chi connectivity index (χ3n) is 6.53. The maximum Gasteiger partial charge on any atom is 0.248 e. The summed E-state index contributed by atoms with van der Waals surface area (Å²) in [5.74, 6) is 1.01. The number of carbonyl (C=O) groups is 1. The Bertz CT molecular complexity index is 987. The van der Waals surface area contributed by atoms with Crippen LogP contribution in [0.15, 0.2) is 54.3 Å². The van der Waals surface area contributed by atoms with Crippen LogP contribution >= 0.6 is 11.6 Å². The van der Waals surface area contributed by atoms with E-state index < -0.39 is 10.9 Å². The third-order valence-corrected chi connectivity index (χ3v) is 6.93. The molecule has 0 radical (unpaired) electrons. The van der Waals surface area contributed by atoms with Crippen molar-refractivity contribution in [2.24, 2.45) is 11.7 Å². The van der Waals surface area contributed by atoms with Gasteiger partial charge in [-0.2, -0.15) is 5.10 Å². The molecule has 1 unspecified atom stereocenters. The molecule has 0 spiro atoms. The molecule has 31 heavy (non-hydrogen) atoms. The van der Waals surface area contributed by atoms with Crippen molar-refractivity contribution in [3.63, 3.8) is 0 Å². The number of amides is 1. The number of alkyl halides is 1. The summed E-state index contributed by atoms with van der Waals surface area (Å²) in [6.07, 6.45) is 9.80. The van der Waals surface area contributed by atoms with Crippen LogP contribution in [-0.4, -0.2) is 38.6 Å². The number of nitrogens with zero attached hydrogens (tertiary/aromatic N) is 2. The second kappa shape index (κ2) is 8.79. The van der Waals surface area contributed by atoms with Gasteiger partial charge < -0.3 is 16.0 Å². The van der Waals surface area contributed by atoms with Crippen LogP contribution in [0, 0.1) is 12.8 Å². The number of nitrogens with one attached hydrogen (secondary N) is 2. The van der Waals surface area contributed by atoms with Crippen LogP contribution in [0.1, 0.15) is 38.3 Å². The van der Waals surface area contributed by atoms with Gasteiger partial charge in [-0.3, -0.25) is 9.89 Å². The van der Waals surface area contributed by atoms with Crippen molar-refractivity contribution >= 4 is 23.3 Å². The maximum atomic E-state index is 11.8. The summed E-state index contributed by atoms with van der Waals surface area (Å²) in [5.41, 5.74) is 9.35. The van der Waals surface area contributed by atoms with Gasteiger partial charge in [0.25, 0.3) is 0 Å². The number of hydrogen-bond donors (Lipinski definition) is 3. The van der Waals surface area contributed by atoms with E-state index in [0.29, 0.717) is 17.5 Å². The number of aromatic amines is 1. The monoisotopic (exact) mass is 439 g/mol. The Balaban J connectivity index is 1.36. The van der Waals surface area contributed by atoms with Crippen molar-refractivity contribution in [2.45, 2.75) is 50.6 Å². The highest BCUT2D eigenvalue weighted by Gasteiger charge is 2.40. The highest BCUT2D eigenvalue weighted by Crippen LogP contribution is 2.39. The molecule has 7 heteroatoms. The Kier molecular flexibility index (Phi) is 6.10. The average Bonchev–Trinajstić information content (AvgIpc) is 3.13. The molecule has 2 heterocycles. The van der Waals surface area contributed by atoms with Crippen LogP contribution in [0.3, 0.4) is 0 Å². The molecule has 1 aromatic heterocycles. The zero-order valence-corrected chi connectivity index (χ0v) is 18.8. The first-order valence-corrected chi connectivity index (χ1v) is 11.3. The summed E-state index contributed by atoms with van der Waals surface area (Å²) in [4.78, 5) is 13.0. The highest BCUT2D eigenvalue weighted by atomic mass is 35.5. The number of aromatic nitrogens is 2. The van der Waals surface area contributed by atoms with Crippen molar-refractivity contribution < 1.29 is 4.79 Å². The number of hydrogen-bond acceptors (Lipinski definition) is 4. The maximum absolute atomic E-state index is 11.8.